The van der Waals surface area contributed by atoms with Crippen molar-refractivity contribution in [1.82, 2.24) is 5.32 Å². The molecule has 20 heavy (non-hydrogen) atoms. The number of hydrogen-bond donors (Lipinski definition) is 2. The van der Waals surface area contributed by atoms with E-state index in [9.17, 15) is 4.79 Å². The summed E-state index contributed by atoms with van der Waals surface area (Å²) >= 11 is 0. The standard InChI is InChI=1S/C17H26N2O/c1-4-18-14-7-5-13(6-8-14)16(20)19-15-9-11-17(2,3)12-10-15/h5-8,15,18H,4,9-12H2,1-3H3,(H,19,20). The summed E-state index contributed by atoms with van der Waals surface area (Å²) in [5.74, 6) is 0.0535. The summed E-state index contributed by atoms with van der Waals surface area (Å²) in [6.07, 6.45) is 4.57. The summed E-state index contributed by atoms with van der Waals surface area (Å²) in [6.45, 7) is 7.57. The first-order valence-corrected chi connectivity index (χ1v) is 7.65. The number of carbonyl (C=O) groups is 1. The highest BCUT2D eigenvalue weighted by molar-refractivity contribution is 5.94. The van der Waals surface area contributed by atoms with Crippen molar-refractivity contribution in [3.63, 3.8) is 0 Å². The Morgan fingerprint density at radius 1 is 1.20 bits per heavy atom. The lowest BCUT2D eigenvalue weighted by Gasteiger charge is -2.34. The summed E-state index contributed by atoms with van der Waals surface area (Å²) in [6, 6.07) is 8.04. The van der Waals surface area contributed by atoms with Gasteiger partial charge in [0.05, 0.1) is 0 Å². The summed E-state index contributed by atoms with van der Waals surface area (Å²) in [7, 11) is 0. The molecule has 0 spiro atoms. The molecule has 0 aliphatic heterocycles. The maximum atomic E-state index is 12.2. The van der Waals surface area contributed by atoms with Gasteiger partial charge in [0.1, 0.15) is 0 Å². The van der Waals surface area contributed by atoms with Crippen LogP contribution in [-0.2, 0) is 0 Å². The van der Waals surface area contributed by atoms with Crippen LogP contribution in [0.2, 0.25) is 0 Å². The van der Waals surface area contributed by atoms with Crippen LogP contribution in [0.1, 0.15) is 56.8 Å². The van der Waals surface area contributed by atoms with Crippen molar-refractivity contribution in [2.24, 2.45) is 5.41 Å². The Hall–Kier alpha value is -1.51. The number of anilines is 1. The molecule has 1 aliphatic carbocycles. The van der Waals surface area contributed by atoms with E-state index in [0.717, 1.165) is 30.6 Å². The van der Waals surface area contributed by atoms with Crippen molar-refractivity contribution >= 4 is 11.6 Å². The molecule has 110 valence electrons. The second kappa shape index (κ2) is 6.29. The van der Waals surface area contributed by atoms with Gasteiger partial charge in [-0.05, 0) is 62.3 Å². The van der Waals surface area contributed by atoms with Gasteiger partial charge in [-0.3, -0.25) is 4.79 Å². The van der Waals surface area contributed by atoms with Crippen molar-refractivity contribution in [3.05, 3.63) is 29.8 Å². The SMILES string of the molecule is CCNc1ccc(C(=O)NC2CCC(C)(C)CC2)cc1. The predicted molar refractivity (Wildman–Crippen MR) is 84.1 cm³/mol. The molecule has 1 saturated carbocycles. The highest BCUT2D eigenvalue weighted by Crippen LogP contribution is 2.35. The Balaban J connectivity index is 1.88. The molecule has 2 N–H and O–H groups in total. The van der Waals surface area contributed by atoms with E-state index in [0.29, 0.717) is 11.5 Å². The van der Waals surface area contributed by atoms with E-state index in [1.54, 1.807) is 0 Å². The Morgan fingerprint density at radius 3 is 2.35 bits per heavy atom. The first-order valence-electron chi connectivity index (χ1n) is 7.65. The number of hydrogen-bond acceptors (Lipinski definition) is 2. The van der Waals surface area contributed by atoms with Gasteiger partial charge in [0.25, 0.3) is 5.91 Å². The van der Waals surface area contributed by atoms with Crippen molar-refractivity contribution in [2.75, 3.05) is 11.9 Å². The van der Waals surface area contributed by atoms with Gasteiger partial charge in [0.2, 0.25) is 0 Å². The molecule has 0 atom stereocenters. The Kier molecular flexibility index (Phi) is 4.69. The minimum Gasteiger partial charge on any atom is -0.385 e. The summed E-state index contributed by atoms with van der Waals surface area (Å²) < 4.78 is 0. The molecular weight excluding hydrogens is 248 g/mol. The van der Waals surface area contributed by atoms with E-state index < -0.39 is 0 Å². The number of nitrogens with one attached hydrogen (secondary N) is 2. The molecule has 0 saturated heterocycles. The van der Waals surface area contributed by atoms with E-state index in [1.165, 1.54) is 12.8 Å². The number of amides is 1. The third-order valence-corrected chi connectivity index (χ3v) is 4.20. The van der Waals surface area contributed by atoms with Gasteiger partial charge in [-0.2, -0.15) is 0 Å². The van der Waals surface area contributed by atoms with Crippen LogP contribution in [-0.4, -0.2) is 18.5 Å². The van der Waals surface area contributed by atoms with Gasteiger partial charge < -0.3 is 10.6 Å². The number of carbonyl (C=O) groups excluding carboxylic acids is 1. The molecule has 1 aromatic carbocycles. The Morgan fingerprint density at radius 2 is 1.80 bits per heavy atom. The summed E-state index contributed by atoms with van der Waals surface area (Å²) in [5, 5.41) is 6.40. The van der Waals surface area contributed by atoms with Gasteiger partial charge >= 0.3 is 0 Å². The van der Waals surface area contributed by atoms with Crippen LogP contribution < -0.4 is 10.6 Å². The van der Waals surface area contributed by atoms with Crippen molar-refractivity contribution in [1.29, 1.82) is 0 Å². The number of benzene rings is 1. The van der Waals surface area contributed by atoms with Crippen LogP contribution in [0.3, 0.4) is 0 Å². The van der Waals surface area contributed by atoms with Crippen LogP contribution in [0.4, 0.5) is 5.69 Å². The zero-order valence-electron chi connectivity index (χ0n) is 12.8. The molecule has 3 nitrogen and oxygen atoms in total. The maximum absolute atomic E-state index is 12.2. The summed E-state index contributed by atoms with van der Waals surface area (Å²) in [4.78, 5) is 12.2. The lowest BCUT2D eigenvalue weighted by molar-refractivity contribution is 0.0909. The highest BCUT2D eigenvalue weighted by atomic mass is 16.1. The van der Waals surface area contributed by atoms with Crippen LogP contribution >= 0.6 is 0 Å². The molecule has 0 bridgehead atoms. The lowest BCUT2D eigenvalue weighted by atomic mass is 9.75. The lowest BCUT2D eigenvalue weighted by Crippen LogP contribution is -2.39. The van der Waals surface area contributed by atoms with E-state index in [1.807, 2.05) is 24.3 Å². The molecule has 3 heteroatoms. The van der Waals surface area contributed by atoms with Crippen LogP contribution in [0, 0.1) is 5.41 Å². The average Bonchev–Trinajstić information content (AvgIpc) is 2.42. The maximum Gasteiger partial charge on any atom is 0.251 e. The molecule has 1 amide bonds. The van der Waals surface area contributed by atoms with Gasteiger partial charge in [0, 0.05) is 23.8 Å². The second-order valence-corrected chi connectivity index (χ2v) is 6.52. The second-order valence-electron chi connectivity index (χ2n) is 6.52. The smallest absolute Gasteiger partial charge is 0.251 e. The normalized spacial score (nSPS) is 18.6. The fourth-order valence-corrected chi connectivity index (χ4v) is 2.76. The van der Waals surface area contributed by atoms with Crippen molar-refractivity contribution < 1.29 is 4.79 Å². The molecule has 0 heterocycles. The van der Waals surface area contributed by atoms with E-state index in [4.69, 9.17) is 0 Å². The summed E-state index contributed by atoms with van der Waals surface area (Å²) in [5.41, 5.74) is 2.24. The van der Waals surface area contributed by atoms with Crippen LogP contribution in [0.25, 0.3) is 0 Å². The van der Waals surface area contributed by atoms with Gasteiger partial charge in [0.15, 0.2) is 0 Å². The zero-order valence-corrected chi connectivity index (χ0v) is 12.8. The first-order chi connectivity index (χ1) is 9.50. The largest absolute Gasteiger partial charge is 0.385 e. The Labute approximate surface area is 122 Å². The van der Waals surface area contributed by atoms with Crippen LogP contribution in [0.5, 0.6) is 0 Å². The highest BCUT2D eigenvalue weighted by Gasteiger charge is 2.27. The molecule has 2 rings (SSSR count). The van der Waals surface area contributed by atoms with Gasteiger partial charge in [-0.1, -0.05) is 13.8 Å². The minimum atomic E-state index is 0.0535. The molecule has 0 radical (unpaired) electrons. The molecule has 0 unspecified atom stereocenters. The van der Waals surface area contributed by atoms with E-state index >= 15 is 0 Å². The van der Waals surface area contributed by atoms with E-state index in [2.05, 4.69) is 31.4 Å². The predicted octanol–water partition coefficient (Wildman–Crippen LogP) is 3.82. The fourth-order valence-electron chi connectivity index (χ4n) is 2.76. The molecule has 1 fully saturated rings. The zero-order chi connectivity index (χ0) is 14.6. The average molecular weight is 274 g/mol. The van der Waals surface area contributed by atoms with Crippen molar-refractivity contribution in [3.8, 4) is 0 Å². The Bertz CT molecular complexity index is 441. The van der Waals surface area contributed by atoms with Gasteiger partial charge in [-0.25, -0.2) is 0 Å². The van der Waals surface area contributed by atoms with Crippen molar-refractivity contribution in [2.45, 2.75) is 52.5 Å². The third-order valence-electron chi connectivity index (χ3n) is 4.20. The molecule has 1 aliphatic rings. The van der Waals surface area contributed by atoms with E-state index in [-0.39, 0.29) is 5.91 Å². The minimum absolute atomic E-state index is 0.0535. The number of rotatable bonds is 4. The van der Waals surface area contributed by atoms with Crippen LogP contribution in [0.15, 0.2) is 24.3 Å². The fraction of sp³-hybridized carbons (Fsp3) is 0.588. The topological polar surface area (TPSA) is 41.1 Å². The third kappa shape index (κ3) is 3.99. The first kappa shape index (κ1) is 14.9. The molecule has 1 aromatic rings. The molecular formula is C17H26N2O. The van der Waals surface area contributed by atoms with Gasteiger partial charge in [-0.15, -0.1) is 0 Å². The quantitative estimate of drug-likeness (QED) is 0.876. The molecule has 0 aromatic heterocycles. The monoisotopic (exact) mass is 274 g/mol.